The summed E-state index contributed by atoms with van der Waals surface area (Å²) in [6, 6.07) is -1.19. The van der Waals surface area contributed by atoms with Gasteiger partial charge < -0.3 is 35.5 Å². The number of aromatic nitrogens is 1. The van der Waals surface area contributed by atoms with Crippen LogP contribution in [0.15, 0.2) is 21.8 Å². The first-order valence-electron chi connectivity index (χ1n) is 10.3. The van der Waals surface area contributed by atoms with E-state index < -0.39 is 39.5 Å². The molecule has 0 aromatic carbocycles. The van der Waals surface area contributed by atoms with Gasteiger partial charge in [0.25, 0.3) is 5.91 Å². The molecule has 0 saturated carbocycles. The molecular formula is C19H24N6O6S2. The van der Waals surface area contributed by atoms with Crippen molar-refractivity contribution in [3.05, 3.63) is 27.6 Å². The van der Waals surface area contributed by atoms with Crippen molar-refractivity contribution >= 4 is 51.7 Å². The van der Waals surface area contributed by atoms with Gasteiger partial charge in [-0.15, -0.1) is 11.3 Å². The Morgan fingerprint density at radius 1 is 1.39 bits per heavy atom. The number of carboxylic acids is 1. The lowest BCUT2D eigenvalue weighted by molar-refractivity contribution is -0.894. The zero-order valence-electron chi connectivity index (χ0n) is 18.1. The molecule has 0 spiro atoms. The number of nitrogen functional groups attached to an aromatic ring is 1. The van der Waals surface area contributed by atoms with Gasteiger partial charge in [-0.25, -0.2) is 14.4 Å². The van der Waals surface area contributed by atoms with Crippen molar-refractivity contribution in [1.29, 1.82) is 0 Å². The van der Waals surface area contributed by atoms with Crippen molar-refractivity contribution < 1.29 is 33.5 Å². The number of anilines is 1. The molecule has 1 aromatic rings. The maximum Gasteiger partial charge on any atom is 0.349 e. The number of carbonyl (C=O) groups excluding carboxylic acids is 3. The molecular weight excluding hydrogens is 472 g/mol. The summed E-state index contributed by atoms with van der Waals surface area (Å²) < 4.78 is -1.02. The number of fused-ring (bicyclic) bond motifs is 1. The second-order valence-corrected chi connectivity index (χ2v) is 10.5. The lowest BCUT2D eigenvalue weighted by atomic mass is 10.0. The fraction of sp³-hybridized carbons (Fsp3) is 0.526. The average molecular weight is 497 g/mol. The molecule has 0 radical (unpaired) electrons. The topological polar surface area (TPSA) is 170 Å². The third kappa shape index (κ3) is 4.01. The number of β-lactam (4-membered cyclic amide) rings is 1. The smallest absolute Gasteiger partial charge is 0.349 e. The van der Waals surface area contributed by atoms with E-state index in [1.165, 1.54) is 12.5 Å². The van der Waals surface area contributed by atoms with Crippen molar-refractivity contribution in [3.63, 3.8) is 0 Å². The molecule has 1 unspecified atom stereocenters. The van der Waals surface area contributed by atoms with E-state index in [2.05, 4.69) is 15.5 Å². The summed E-state index contributed by atoms with van der Waals surface area (Å²) in [5, 5.41) is 32.4. The number of nitrogens with zero attached hydrogens (tertiary/aromatic N) is 4. The van der Waals surface area contributed by atoms with Gasteiger partial charge in [0.1, 0.15) is 25.3 Å². The largest absolute Gasteiger partial charge is 0.619 e. The Morgan fingerprint density at radius 2 is 2.09 bits per heavy atom. The summed E-state index contributed by atoms with van der Waals surface area (Å²) >= 11 is 2.26. The number of quaternary nitrogens is 2. The van der Waals surface area contributed by atoms with Gasteiger partial charge >= 0.3 is 5.91 Å². The van der Waals surface area contributed by atoms with E-state index in [0.717, 1.165) is 49.0 Å². The molecule has 3 aliphatic heterocycles. The molecule has 4 rings (SSSR count). The predicted octanol–water partition coefficient (Wildman–Crippen LogP) is -1.27. The lowest BCUT2D eigenvalue weighted by Gasteiger charge is -2.59. The molecule has 4 heterocycles. The normalized spacial score (nSPS) is 28.8. The number of thioether (sulfide) groups is 1. The lowest BCUT2D eigenvalue weighted by Crippen LogP contribution is -2.79. The second-order valence-electron chi connectivity index (χ2n) is 8.51. The van der Waals surface area contributed by atoms with E-state index in [1.807, 2.05) is 7.05 Å². The number of likely N-dealkylation sites (N-methyl/N-ethyl adjacent to an activating group) is 1. The van der Waals surface area contributed by atoms with Crippen molar-refractivity contribution in [2.24, 2.45) is 5.16 Å². The number of aliphatic carboxylic acids is 1. The number of oxime groups is 1. The van der Waals surface area contributed by atoms with Crippen LogP contribution >= 0.6 is 23.1 Å². The van der Waals surface area contributed by atoms with Gasteiger partial charge in [0.05, 0.1) is 25.7 Å². The quantitative estimate of drug-likeness (QED) is 0.154. The highest BCUT2D eigenvalue weighted by Crippen LogP contribution is 2.47. The first-order valence-corrected chi connectivity index (χ1v) is 12.2. The van der Waals surface area contributed by atoms with Gasteiger partial charge in [0, 0.05) is 24.0 Å². The van der Waals surface area contributed by atoms with E-state index in [-0.39, 0.29) is 22.3 Å². The van der Waals surface area contributed by atoms with Crippen LogP contribution in [-0.4, -0.2) is 88.6 Å². The fourth-order valence-electron chi connectivity index (χ4n) is 4.66. The Hall–Kier alpha value is -2.52. The van der Waals surface area contributed by atoms with Crippen LogP contribution in [0, 0.1) is 5.21 Å². The highest BCUT2D eigenvalue weighted by atomic mass is 32.2. The second kappa shape index (κ2) is 8.68. The molecule has 0 bridgehead atoms. The van der Waals surface area contributed by atoms with Crippen LogP contribution in [0.4, 0.5) is 5.13 Å². The van der Waals surface area contributed by atoms with Crippen LogP contribution < -0.4 is 16.2 Å². The van der Waals surface area contributed by atoms with E-state index in [0.29, 0.717) is 16.6 Å². The molecule has 3 atom stereocenters. The maximum absolute atomic E-state index is 13.5. The van der Waals surface area contributed by atoms with E-state index in [1.54, 1.807) is 0 Å². The molecule has 3 N–H and O–H groups in total. The van der Waals surface area contributed by atoms with Crippen molar-refractivity contribution in [1.82, 2.24) is 10.3 Å². The van der Waals surface area contributed by atoms with E-state index >= 15 is 0 Å². The van der Waals surface area contributed by atoms with Gasteiger partial charge in [-0.2, -0.15) is 0 Å². The minimum absolute atomic E-state index is 0.156. The average Bonchev–Trinajstić information content (AvgIpc) is 3.38. The predicted molar refractivity (Wildman–Crippen MR) is 119 cm³/mol. The Kier molecular flexibility index (Phi) is 6.22. The van der Waals surface area contributed by atoms with Gasteiger partial charge in [-0.05, 0) is 0 Å². The Bertz CT molecular complexity index is 1060. The number of nitrogens with one attached hydrogen (secondary N) is 1. The standard InChI is InChI=1S/C19H24N6O6S2/c1-24(5-3-4-6-24)7-10-8-32-17-13(16(27)25(17,30)14(10)18(28)29)22-15(26)12(23-31-2)11-9-33-19(20)21-11/h9,13,17H,3-8H2,1-2H3,(H3-,20,21,22,26,28,29)/b23-12-/t13-,17-,25?/m1/s1. The first-order chi connectivity index (χ1) is 15.6. The van der Waals surface area contributed by atoms with Crippen LogP contribution in [0.25, 0.3) is 0 Å². The number of rotatable bonds is 7. The summed E-state index contributed by atoms with van der Waals surface area (Å²) in [6.07, 6.45) is 2.06. The molecule has 0 aliphatic carbocycles. The fourth-order valence-corrected chi connectivity index (χ4v) is 6.61. The van der Waals surface area contributed by atoms with E-state index in [4.69, 9.17) is 10.6 Å². The number of hydroxylamine groups is 3. The monoisotopic (exact) mass is 496 g/mol. The van der Waals surface area contributed by atoms with Crippen LogP contribution in [0.2, 0.25) is 0 Å². The number of carbonyl (C=O) groups is 3. The number of likely N-dealkylation sites (tertiary alicyclic amines) is 1. The summed E-state index contributed by atoms with van der Waals surface area (Å²) in [4.78, 5) is 46.5. The molecule has 14 heteroatoms. The van der Waals surface area contributed by atoms with Crippen molar-refractivity contribution in [2.45, 2.75) is 24.3 Å². The highest BCUT2D eigenvalue weighted by Gasteiger charge is 2.65. The number of thiazole rings is 1. The van der Waals surface area contributed by atoms with Crippen LogP contribution in [0.3, 0.4) is 0 Å². The Morgan fingerprint density at radius 3 is 2.67 bits per heavy atom. The SMILES string of the molecule is CO/N=C(\C(=O)N[C@@H]1C(=O)[N+]2([O-])C(C(=O)[O-])=C(C[N+]3(C)CCCC3)CS[C@H]12)c1csc(N)n1. The van der Waals surface area contributed by atoms with Crippen molar-refractivity contribution in [2.75, 3.05) is 45.3 Å². The summed E-state index contributed by atoms with van der Waals surface area (Å²) in [6.45, 7) is 2.14. The third-order valence-electron chi connectivity index (χ3n) is 6.19. The third-order valence-corrected chi connectivity index (χ3v) is 8.29. The Labute approximate surface area is 197 Å². The van der Waals surface area contributed by atoms with Gasteiger partial charge in [0.15, 0.2) is 21.9 Å². The van der Waals surface area contributed by atoms with Gasteiger partial charge in [-0.3, -0.25) is 4.79 Å². The molecule has 2 fully saturated rings. The summed E-state index contributed by atoms with van der Waals surface area (Å²) in [5.41, 5.74) is 5.45. The molecule has 12 nitrogen and oxygen atoms in total. The van der Waals surface area contributed by atoms with Gasteiger partial charge in [-0.1, -0.05) is 16.9 Å². The first kappa shape index (κ1) is 23.6. The maximum atomic E-state index is 13.5. The zero-order valence-corrected chi connectivity index (χ0v) is 19.7. The molecule has 2 amide bonds. The molecule has 33 heavy (non-hydrogen) atoms. The van der Waals surface area contributed by atoms with Gasteiger partial charge in [0.2, 0.25) is 6.04 Å². The van der Waals surface area contributed by atoms with E-state index in [9.17, 15) is 24.7 Å². The highest BCUT2D eigenvalue weighted by molar-refractivity contribution is 8.00. The van der Waals surface area contributed by atoms with Crippen molar-refractivity contribution in [3.8, 4) is 0 Å². The van der Waals surface area contributed by atoms with Crippen LogP contribution in [0.1, 0.15) is 18.5 Å². The van der Waals surface area contributed by atoms with Crippen LogP contribution in [0.5, 0.6) is 0 Å². The summed E-state index contributed by atoms with van der Waals surface area (Å²) in [7, 11) is 3.26. The molecule has 178 valence electrons. The minimum Gasteiger partial charge on any atom is -0.619 e. The molecule has 2 saturated heterocycles. The minimum atomic E-state index is -1.65. The Balaban J connectivity index is 1.57. The number of carboxylic acid groups (broad SMARTS) is 1. The number of amides is 2. The van der Waals surface area contributed by atoms with Crippen LogP contribution in [-0.2, 0) is 19.2 Å². The summed E-state index contributed by atoms with van der Waals surface area (Å²) in [5.74, 6) is -3.12. The number of nitrogens with two attached hydrogens (primary N) is 1. The molecule has 3 aliphatic rings. The number of hydrogen-bond acceptors (Lipinski definition) is 11. The molecule has 1 aromatic heterocycles. The number of hydrogen-bond donors (Lipinski definition) is 2. The zero-order chi connectivity index (χ0) is 24.0.